The van der Waals surface area contributed by atoms with Gasteiger partial charge in [-0.15, -0.1) is 0 Å². The highest BCUT2D eigenvalue weighted by molar-refractivity contribution is 7.48. The highest BCUT2D eigenvalue weighted by Gasteiger charge is 2.42. The number of H-pyrrole nitrogens is 1. The van der Waals surface area contributed by atoms with Gasteiger partial charge in [-0.3, -0.25) is 23.3 Å². The van der Waals surface area contributed by atoms with Gasteiger partial charge in [0.2, 0.25) is 5.95 Å². The summed E-state index contributed by atoms with van der Waals surface area (Å²) in [6.07, 6.45) is 0.423. The van der Waals surface area contributed by atoms with Gasteiger partial charge >= 0.3 is 7.82 Å². The molecule has 0 bridgehead atoms. The zero-order chi connectivity index (χ0) is 24.9. The van der Waals surface area contributed by atoms with Gasteiger partial charge in [-0.25, -0.2) is 13.9 Å². The lowest BCUT2D eigenvalue weighted by atomic mass is 10.0. The first-order chi connectivity index (χ1) is 16.6. The number of nitrogens with one attached hydrogen (secondary N) is 1. The van der Waals surface area contributed by atoms with Gasteiger partial charge < -0.3 is 15.4 Å². The van der Waals surface area contributed by atoms with Crippen LogP contribution in [0.2, 0.25) is 5.02 Å². The molecule has 5 atom stereocenters. The SMILES string of the molecule is C=C1[C@H](COP2(=O)OCC[C@H](c3ccc(Cl)c(F)c3)O2)[C@@H](O)C[C@@H]1n1cnc2c(=O)[nH]c(N)nc21. The number of nitrogens with two attached hydrogens (primary N) is 1. The van der Waals surface area contributed by atoms with E-state index in [1.165, 1.54) is 18.5 Å². The number of hydrogen-bond donors (Lipinski definition) is 3. The summed E-state index contributed by atoms with van der Waals surface area (Å²) in [4.78, 5) is 22.7. The van der Waals surface area contributed by atoms with Crippen LogP contribution < -0.4 is 11.3 Å². The first-order valence-corrected chi connectivity index (χ1v) is 12.6. The second-order valence-corrected chi connectivity index (χ2v) is 10.4. The zero-order valence-corrected chi connectivity index (χ0v) is 19.9. The van der Waals surface area contributed by atoms with Crippen LogP contribution >= 0.6 is 19.4 Å². The summed E-state index contributed by atoms with van der Waals surface area (Å²) in [5, 5.41) is 10.7. The Kier molecular flexibility index (Phi) is 6.28. The molecule has 1 aromatic carbocycles. The number of halogens is 2. The number of imidazole rings is 1. The third-order valence-electron chi connectivity index (χ3n) is 6.23. The lowest BCUT2D eigenvalue weighted by molar-refractivity contribution is 0.0165. The fraction of sp³-hybridized carbons (Fsp3) is 0.381. The molecule has 2 aromatic heterocycles. The van der Waals surface area contributed by atoms with Crippen LogP contribution in [0.25, 0.3) is 11.2 Å². The van der Waals surface area contributed by atoms with Gasteiger partial charge in [0.25, 0.3) is 5.56 Å². The van der Waals surface area contributed by atoms with E-state index in [2.05, 4.69) is 21.5 Å². The van der Waals surface area contributed by atoms with Gasteiger partial charge in [0.15, 0.2) is 11.2 Å². The summed E-state index contributed by atoms with van der Waals surface area (Å²) < 4.78 is 45.0. The van der Waals surface area contributed by atoms with Crippen LogP contribution in [0.4, 0.5) is 10.3 Å². The normalized spacial score (nSPS) is 29.2. The molecule has 1 unspecified atom stereocenters. The van der Waals surface area contributed by atoms with Crippen molar-refractivity contribution in [2.24, 2.45) is 5.92 Å². The second-order valence-electron chi connectivity index (χ2n) is 8.41. The van der Waals surface area contributed by atoms with E-state index < -0.39 is 43.4 Å². The highest BCUT2D eigenvalue weighted by atomic mass is 35.5. The summed E-state index contributed by atoms with van der Waals surface area (Å²) in [6.45, 7) is 3.96. The summed E-state index contributed by atoms with van der Waals surface area (Å²) in [5.74, 6) is -1.28. The monoisotopic (exact) mass is 525 g/mol. The molecule has 5 rings (SSSR count). The van der Waals surface area contributed by atoms with Gasteiger partial charge in [0.1, 0.15) is 5.82 Å². The Morgan fingerprint density at radius 1 is 1.46 bits per heavy atom. The first-order valence-electron chi connectivity index (χ1n) is 10.8. The average Bonchev–Trinajstić information content (AvgIpc) is 3.34. The lowest BCUT2D eigenvalue weighted by Gasteiger charge is -2.30. The molecular weight excluding hydrogens is 504 g/mol. The molecule has 14 heteroatoms. The van der Waals surface area contributed by atoms with Crippen molar-refractivity contribution >= 4 is 36.5 Å². The van der Waals surface area contributed by atoms with Crippen molar-refractivity contribution in [3.63, 3.8) is 0 Å². The molecule has 3 heterocycles. The number of nitrogen functional groups attached to an aromatic ring is 1. The molecule has 1 aliphatic carbocycles. The van der Waals surface area contributed by atoms with Crippen LogP contribution in [0.15, 0.2) is 41.5 Å². The van der Waals surface area contributed by atoms with Crippen LogP contribution in [0.5, 0.6) is 0 Å². The minimum absolute atomic E-state index is 0.0308. The van der Waals surface area contributed by atoms with E-state index in [4.69, 9.17) is 30.9 Å². The number of aliphatic hydroxyl groups is 1. The average molecular weight is 526 g/mol. The molecule has 35 heavy (non-hydrogen) atoms. The Balaban J connectivity index is 1.30. The molecule has 186 valence electrons. The van der Waals surface area contributed by atoms with E-state index in [0.29, 0.717) is 17.6 Å². The number of nitrogens with zero attached hydrogens (tertiary/aromatic N) is 3. The first kappa shape index (κ1) is 24.1. The fourth-order valence-electron chi connectivity index (χ4n) is 4.41. The van der Waals surface area contributed by atoms with E-state index >= 15 is 0 Å². The number of benzene rings is 1. The molecule has 2 aliphatic rings. The van der Waals surface area contributed by atoms with E-state index in [1.807, 2.05) is 0 Å². The van der Waals surface area contributed by atoms with Gasteiger partial charge in [0, 0.05) is 12.3 Å². The number of rotatable bonds is 5. The van der Waals surface area contributed by atoms with Crippen molar-refractivity contribution < 1.29 is 27.6 Å². The smallest absolute Gasteiger partial charge is 0.392 e. The van der Waals surface area contributed by atoms with E-state index in [1.54, 1.807) is 10.6 Å². The molecule has 1 saturated carbocycles. The zero-order valence-electron chi connectivity index (χ0n) is 18.3. The van der Waals surface area contributed by atoms with Crippen LogP contribution in [0.1, 0.15) is 30.6 Å². The number of aromatic nitrogens is 4. The minimum Gasteiger partial charge on any atom is -0.392 e. The van der Waals surface area contributed by atoms with Crippen molar-refractivity contribution in [3.05, 3.63) is 63.4 Å². The summed E-state index contributed by atoms with van der Waals surface area (Å²) in [5.41, 5.74) is 6.59. The molecule has 0 spiro atoms. The Morgan fingerprint density at radius 3 is 3.03 bits per heavy atom. The van der Waals surface area contributed by atoms with Crippen molar-refractivity contribution in [2.75, 3.05) is 18.9 Å². The molecule has 3 aromatic rings. The largest absolute Gasteiger partial charge is 0.475 e. The predicted molar refractivity (Wildman–Crippen MR) is 124 cm³/mol. The van der Waals surface area contributed by atoms with Gasteiger partial charge in [0.05, 0.1) is 42.8 Å². The van der Waals surface area contributed by atoms with E-state index in [-0.39, 0.29) is 41.8 Å². The van der Waals surface area contributed by atoms with Crippen LogP contribution in [0.3, 0.4) is 0 Å². The Labute approximate surface area is 203 Å². The molecule has 1 aliphatic heterocycles. The number of phosphoric ester groups is 1. The molecule has 2 fully saturated rings. The topological polar surface area (TPSA) is 155 Å². The molecule has 1 saturated heterocycles. The van der Waals surface area contributed by atoms with E-state index in [9.17, 15) is 18.9 Å². The number of aromatic amines is 1. The van der Waals surface area contributed by atoms with Crippen molar-refractivity contribution in [1.29, 1.82) is 0 Å². The quantitative estimate of drug-likeness (QED) is 0.336. The third kappa shape index (κ3) is 4.53. The number of hydrogen-bond acceptors (Lipinski definition) is 9. The van der Waals surface area contributed by atoms with Crippen LogP contribution in [-0.2, 0) is 18.1 Å². The summed E-state index contributed by atoms with van der Waals surface area (Å²) in [7, 11) is -4.00. The van der Waals surface area contributed by atoms with Crippen molar-refractivity contribution in [1.82, 2.24) is 19.5 Å². The third-order valence-corrected chi connectivity index (χ3v) is 8.02. The minimum atomic E-state index is -4.00. The fourth-order valence-corrected chi connectivity index (χ4v) is 5.93. The van der Waals surface area contributed by atoms with E-state index in [0.717, 1.165) is 0 Å². The maximum Gasteiger partial charge on any atom is 0.475 e. The van der Waals surface area contributed by atoms with Crippen LogP contribution in [-0.4, -0.2) is 43.9 Å². The van der Waals surface area contributed by atoms with Gasteiger partial charge in [-0.1, -0.05) is 24.2 Å². The summed E-state index contributed by atoms with van der Waals surface area (Å²) >= 11 is 5.74. The Morgan fingerprint density at radius 2 is 2.26 bits per heavy atom. The molecule has 0 amide bonds. The Hall–Kier alpha value is -2.60. The van der Waals surface area contributed by atoms with Crippen molar-refractivity contribution in [3.8, 4) is 0 Å². The maximum absolute atomic E-state index is 13.9. The maximum atomic E-state index is 13.9. The van der Waals surface area contributed by atoms with Crippen LogP contribution in [0, 0.1) is 11.7 Å². The molecule has 11 nitrogen and oxygen atoms in total. The number of aliphatic hydroxyl groups excluding tert-OH is 1. The standard InChI is InChI=1S/C21H22ClFN5O6P/c1-10-12(16(29)7-15(10)28-9-25-18-19(28)26-21(24)27-20(18)30)8-33-35(31)32-5-4-17(34-35)11-2-3-13(22)14(23)6-11/h2-3,6,9,12,15-17,29H,1,4-5,7-8H2,(H3,24,26,27,30)/t12-,15-,16-,17+,35?/m0/s1. The second kappa shape index (κ2) is 9.12. The summed E-state index contributed by atoms with van der Waals surface area (Å²) in [6, 6.07) is 3.75. The number of phosphoric acid groups is 1. The van der Waals surface area contributed by atoms with Gasteiger partial charge in [-0.05, 0) is 29.7 Å². The lowest BCUT2D eigenvalue weighted by Crippen LogP contribution is -2.22. The highest BCUT2D eigenvalue weighted by Crippen LogP contribution is 2.58. The number of fused-ring (bicyclic) bond motifs is 1. The molecule has 4 N–H and O–H groups in total. The number of anilines is 1. The molecular formula is C21H22ClFN5O6P. The van der Waals surface area contributed by atoms with Gasteiger partial charge in [-0.2, -0.15) is 4.98 Å². The van der Waals surface area contributed by atoms with Crippen molar-refractivity contribution in [2.45, 2.75) is 31.1 Å². The molecule has 0 radical (unpaired) electrons. The Bertz CT molecular complexity index is 1410. The predicted octanol–water partition coefficient (Wildman–Crippen LogP) is 3.28.